The van der Waals surface area contributed by atoms with Gasteiger partial charge in [0.2, 0.25) is 0 Å². The topological polar surface area (TPSA) is 29.5 Å². The molecule has 124 valence electrons. The Balaban J connectivity index is 0.00000264. The lowest BCUT2D eigenvalue weighted by atomic mass is 9.84. The highest BCUT2D eigenvalue weighted by Crippen LogP contribution is 2.37. The Morgan fingerprint density at radius 3 is 2.57 bits per heavy atom. The molecule has 4 heteroatoms. The van der Waals surface area contributed by atoms with Crippen molar-refractivity contribution in [2.75, 3.05) is 19.6 Å². The van der Waals surface area contributed by atoms with Gasteiger partial charge in [0.25, 0.3) is 0 Å². The molecule has 1 fully saturated rings. The van der Waals surface area contributed by atoms with Crippen LogP contribution >= 0.6 is 12.4 Å². The highest BCUT2D eigenvalue weighted by Gasteiger charge is 2.39. The van der Waals surface area contributed by atoms with Crippen LogP contribution in [0.15, 0.2) is 43.0 Å². The van der Waals surface area contributed by atoms with Gasteiger partial charge in [0.15, 0.2) is 0 Å². The van der Waals surface area contributed by atoms with Gasteiger partial charge in [0.05, 0.1) is 6.54 Å². The number of likely N-dealkylation sites (tertiary alicyclic amines) is 1. The molecule has 3 nitrogen and oxygen atoms in total. The third-order valence-corrected chi connectivity index (χ3v) is 4.07. The average Bonchev–Trinajstić information content (AvgIpc) is 2.57. The van der Waals surface area contributed by atoms with Crippen molar-refractivity contribution in [2.45, 2.75) is 31.8 Å². The van der Waals surface area contributed by atoms with Crippen molar-refractivity contribution in [3.8, 4) is 11.8 Å². The standard InChI is InChI=1S/C19H23NO2.ClH/c1-3-5-9-14-20-15-12-19(13-16-20,22-18(21)4-2)17-10-7-6-8-11-17;/h3,6-8,10-11H,1,4,12-16H2,2H3;1H. The second kappa shape index (κ2) is 9.39. The molecule has 0 amide bonds. The Kier molecular flexibility index (Phi) is 7.88. The maximum absolute atomic E-state index is 11.9. The highest BCUT2D eigenvalue weighted by molar-refractivity contribution is 5.85. The van der Waals surface area contributed by atoms with E-state index in [1.54, 1.807) is 6.08 Å². The van der Waals surface area contributed by atoms with E-state index < -0.39 is 5.60 Å². The smallest absolute Gasteiger partial charge is 0.306 e. The number of hydrogen-bond acceptors (Lipinski definition) is 3. The first-order valence-electron chi connectivity index (χ1n) is 7.79. The number of rotatable bonds is 4. The molecule has 0 bridgehead atoms. The summed E-state index contributed by atoms with van der Waals surface area (Å²) in [6.07, 6.45) is 3.63. The zero-order valence-corrected chi connectivity index (χ0v) is 14.4. The quantitative estimate of drug-likeness (QED) is 0.623. The normalized spacial score (nSPS) is 16.4. The molecule has 0 unspecified atom stereocenters. The Labute approximate surface area is 145 Å². The van der Waals surface area contributed by atoms with Crippen molar-refractivity contribution in [3.05, 3.63) is 48.6 Å². The number of carbonyl (C=O) groups is 1. The van der Waals surface area contributed by atoms with Crippen molar-refractivity contribution < 1.29 is 9.53 Å². The van der Waals surface area contributed by atoms with Gasteiger partial charge < -0.3 is 4.74 Å². The number of benzene rings is 1. The van der Waals surface area contributed by atoms with E-state index in [0.717, 1.165) is 38.0 Å². The molecule has 1 heterocycles. The van der Waals surface area contributed by atoms with Crippen LogP contribution in [-0.4, -0.2) is 30.5 Å². The monoisotopic (exact) mass is 333 g/mol. The van der Waals surface area contributed by atoms with Crippen molar-refractivity contribution in [1.82, 2.24) is 4.90 Å². The van der Waals surface area contributed by atoms with Crippen LogP contribution in [0.2, 0.25) is 0 Å². The van der Waals surface area contributed by atoms with Crippen molar-refractivity contribution in [3.63, 3.8) is 0 Å². The predicted molar refractivity (Wildman–Crippen MR) is 95.4 cm³/mol. The van der Waals surface area contributed by atoms with Crippen LogP contribution in [0.25, 0.3) is 0 Å². The molecule has 0 aliphatic carbocycles. The molecular weight excluding hydrogens is 310 g/mol. The lowest BCUT2D eigenvalue weighted by Crippen LogP contribution is -2.45. The van der Waals surface area contributed by atoms with Gasteiger partial charge in [-0.25, -0.2) is 0 Å². The Morgan fingerprint density at radius 2 is 2.00 bits per heavy atom. The fourth-order valence-corrected chi connectivity index (χ4v) is 2.78. The summed E-state index contributed by atoms with van der Waals surface area (Å²) in [5.74, 6) is 5.81. The van der Waals surface area contributed by atoms with Crippen LogP contribution in [0.5, 0.6) is 0 Å². The molecule has 0 aromatic heterocycles. The molecule has 0 radical (unpaired) electrons. The molecule has 0 atom stereocenters. The molecule has 1 saturated heterocycles. The summed E-state index contributed by atoms with van der Waals surface area (Å²) in [5.41, 5.74) is 0.602. The SMILES string of the molecule is C=CC#CCN1CCC(OC(=O)CC)(c2ccccc2)CC1.Cl. The number of esters is 1. The largest absolute Gasteiger partial charge is 0.454 e. The minimum absolute atomic E-state index is 0. The molecule has 1 aromatic rings. The van der Waals surface area contributed by atoms with Gasteiger partial charge in [0, 0.05) is 32.4 Å². The van der Waals surface area contributed by atoms with E-state index in [-0.39, 0.29) is 18.4 Å². The molecular formula is C19H24ClNO2. The number of piperidine rings is 1. The second-order valence-corrected chi connectivity index (χ2v) is 5.49. The van der Waals surface area contributed by atoms with Crippen LogP contribution in [0.4, 0.5) is 0 Å². The van der Waals surface area contributed by atoms with Gasteiger partial charge >= 0.3 is 5.97 Å². The third-order valence-electron chi connectivity index (χ3n) is 4.07. The average molecular weight is 334 g/mol. The molecule has 1 aliphatic heterocycles. The molecule has 2 rings (SSSR count). The lowest BCUT2D eigenvalue weighted by molar-refractivity contribution is -0.166. The van der Waals surface area contributed by atoms with Crippen LogP contribution in [-0.2, 0) is 15.1 Å². The van der Waals surface area contributed by atoms with Gasteiger partial charge in [-0.3, -0.25) is 9.69 Å². The van der Waals surface area contributed by atoms with E-state index in [0.29, 0.717) is 6.42 Å². The van der Waals surface area contributed by atoms with E-state index in [1.165, 1.54) is 0 Å². The van der Waals surface area contributed by atoms with E-state index in [1.807, 2.05) is 25.1 Å². The van der Waals surface area contributed by atoms with E-state index in [9.17, 15) is 4.79 Å². The van der Waals surface area contributed by atoms with Crippen molar-refractivity contribution in [2.24, 2.45) is 0 Å². The summed E-state index contributed by atoms with van der Waals surface area (Å²) in [5, 5.41) is 0. The third kappa shape index (κ3) is 5.13. The fourth-order valence-electron chi connectivity index (χ4n) is 2.78. The first-order chi connectivity index (χ1) is 10.7. The minimum atomic E-state index is -0.489. The first-order valence-corrected chi connectivity index (χ1v) is 7.79. The maximum atomic E-state index is 11.9. The number of halogens is 1. The Hall–Kier alpha value is -1.76. The summed E-state index contributed by atoms with van der Waals surface area (Å²) >= 11 is 0. The van der Waals surface area contributed by atoms with Gasteiger partial charge in [-0.05, 0) is 11.6 Å². The van der Waals surface area contributed by atoms with Crippen LogP contribution in [0, 0.1) is 11.8 Å². The van der Waals surface area contributed by atoms with E-state index in [2.05, 4.69) is 35.5 Å². The molecule has 1 aromatic carbocycles. The van der Waals surface area contributed by atoms with Gasteiger partial charge in [-0.2, -0.15) is 0 Å². The van der Waals surface area contributed by atoms with E-state index in [4.69, 9.17) is 4.74 Å². The zero-order chi connectivity index (χ0) is 15.8. The zero-order valence-electron chi connectivity index (χ0n) is 13.6. The summed E-state index contributed by atoms with van der Waals surface area (Å²) in [6.45, 7) is 7.91. The minimum Gasteiger partial charge on any atom is -0.454 e. The summed E-state index contributed by atoms with van der Waals surface area (Å²) in [4.78, 5) is 14.2. The fraction of sp³-hybridized carbons (Fsp3) is 0.421. The number of carbonyl (C=O) groups excluding carboxylic acids is 1. The first kappa shape index (κ1) is 19.3. The number of ether oxygens (including phenoxy) is 1. The summed E-state index contributed by atoms with van der Waals surface area (Å²) in [6, 6.07) is 10.1. The number of hydrogen-bond donors (Lipinski definition) is 0. The molecule has 23 heavy (non-hydrogen) atoms. The van der Waals surface area contributed by atoms with Crippen molar-refractivity contribution >= 4 is 18.4 Å². The van der Waals surface area contributed by atoms with Gasteiger partial charge in [-0.15, -0.1) is 12.4 Å². The second-order valence-electron chi connectivity index (χ2n) is 5.49. The summed E-state index contributed by atoms with van der Waals surface area (Å²) in [7, 11) is 0. The predicted octanol–water partition coefficient (Wildman–Crippen LogP) is 3.54. The molecule has 0 spiro atoms. The van der Waals surface area contributed by atoms with Gasteiger partial charge in [0.1, 0.15) is 5.60 Å². The summed E-state index contributed by atoms with van der Waals surface area (Å²) < 4.78 is 5.87. The molecule has 0 saturated carbocycles. The number of nitrogens with zero attached hydrogens (tertiary/aromatic N) is 1. The molecule has 1 aliphatic rings. The Morgan fingerprint density at radius 1 is 1.35 bits per heavy atom. The Bertz CT molecular complexity index is 566. The molecule has 0 N–H and O–H groups in total. The van der Waals surface area contributed by atoms with Gasteiger partial charge in [-0.1, -0.05) is 55.7 Å². The number of allylic oxidation sites excluding steroid dienone is 1. The van der Waals surface area contributed by atoms with Crippen LogP contribution < -0.4 is 0 Å². The van der Waals surface area contributed by atoms with Crippen molar-refractivity contribution in [1.29, 1.82) is 0 Å². The van der Waals surface area contributed by atoms with Crippen LogP contribution in [0.3, 0.4) is 0 Å². The highest BCUT2D eigenvalue weighted by atomic mass is 35.5. The van der Waals surface area contributed by atoms with E-state index >= 15 is 0 Å². The maximum Gasteiger partial charge on any atom is 0.306 e. The lowest BCUT2D eigenvalue weighted by Gasteiger charge is -2.41. The van der Waals surface area contributed by atoms with Crippen LogP contribution in [0.1, 0.15) is 31.7 Å².